The highest BCUT2D eigenvalue weighted by Crippen LogP contribution is 1.99. The van der Waals surface area contributed by atoms with E-state index in [0.29, 0.717) is 6.42 Å². The molecule has 0 saturated carbocycles. The zero-order chi connectivity index (χ0) is 7.70. The van der Waals surface area contributed by atoms with Crippen molar-refractivity contribution < 1.29 is 4.39 Å². The first-order valence-corrected chi connectivity index (χ1v) is 3.28. The highest BCUT2D eigenvalue weighted by Gasteiger charge is 1.80. The van der Waals surface area contributed by atoms with Crippen molar-refractivity contribution in [2.75, 3.05) is 0 Å². The molecular weight excluding hydrogens is 115 g/mol. The molecule has 0 aromatic carbocycles. The van der Waals surface area contributed by atoms with Crippen molar-refractivity contribution in [3.63, 3.8) is 0 Å². The molecule has 0 saturated heterocycles. The molecule has 0 aliphatic rings. The van der Waals surface area contributed by atoms with E-state index in [9.17, 15) is 4.39 Å². The lowest BCUT2D eigenvalue weighted by Gasteiger charge is -1.80. The van der Waals surface area contributed by atoms with Gasteiger partial charge in [-0.2, -0.15) is 0 Å². The van der Waals surface area contributed by atoms with Gasteiger partial charge in [-0.05, 0) is 12.5 Å². The normalized spacial score (nSPS) is 9.56. The average molecular weight is 130 g/mol. The number of allylic oxidation sites excluding steroid dienone is 3. The van der Waals surface area contributed by atoms with Crippen molar-refractivity contribution in [1.29, 1.82) is 0 Å². The summed E-state index contributed by atoms with van der Waals surface area (Å²) in [5.41, 5.74) is 0. The maximum absolute atomic E-state index is 11.9. The highest BCUT2D eigenvalue weighted by atomic mass is 19.1. The highest BCUT2D eigenvalue weighted by molar-refractivity contribution is 5.02. The molecule has 54 valence electrons. The molecule has 0 rings (SSSR count). The third-order valence-corrected chi connectivity index (χ3v) is 0.636. The van der Waals surface area contributed by atoms with Gasteiger partial charge in [-0.25, -0.2) is 4.39 Å². The SMILES string of the molecule is C=C/C=C(/F)CC.CC. The van der Waals surface area contributed by atoms with E-state index in [1.54, 1.807) is 6.92 Å². The van der Waals surface area contributed by atoms with Gasteiger partial charge in [0.05, 0.1) is 5.83 Å². The minimum Gasteiger partial charge on any atom is -0.212 e. The molecule has 0 aliphatic heterocycles. The Morgan fingerprint density at radius 1 is 1.56 bits per heavy atom. The zero-order valence-electron chi connectivity index (χ0n) is 6.45. The second-order valence-electron chi connectivity index (χ2n) is 1.20. The smallest absolute Gasteiger partial charge is 0.0996 e. The van der Waals surface area contributed by atoms with Crippen LogP contribution in [0.1, 0.15) is 27.2 Å². The fraction of sp³-hybridized carbons (Fsp3) is 0.500. The van der Waals surface area contributed by atoms with E-state index in [1.807, 2.05) is 13.8 Å². The van der Waals surface area contributed by atoms with Crippen molar-refractivity contribution >= 4 is 0 Å². The van der Waals surface area contributed by atoms with Crippen molar-refractivity contribution in [3.8, 4) is 0 Å². The van der Waals surface area contributed by atoms with E-state index in [1.165, 1.54) is 12.2 Å². The van der Waals surface area contributed by atoms with Gasteiger partial charge >= 0.3 is 0 Å². The lowest BCUT2D eigenvalue weighted by molar-refractivity contribution is 0.605. The van der Waals surface area contributed by atoms with Crippen LogP contribution in [0.15, 0.2) is 24.6 Å². The van der Waals surface area contributed by atoms with Gasteiger partial charge in [-0.3, -0.25) is 0 Å². The maximum Gasteiger partial charge on any atom is 0.0996 e. The maximum atomic E-state index is 11.9. The summed E-state index contributed by atoms with van der Waals surface area (Å²) in [7, 11) is 0. The van der Waals surface area contributed by atoms with Crippen LogP contribution in [0.3, 0.4) is 0 Å². The summed E-state index contributed by atoms with van der Waals surface area (Å²) in [5.74, 6) is -0.116. The molecular formula is C8H15F. The van der Waals surface area contributed by atoms with E-state index >= 15 is 0 Å². The third kappa shape index (κ3) is 11.2. The van der Waals surface area contributed by atoms with Gasteiger partial charge in [0.2, 0.25) is 0 Å². The van der Waals surface area contributed by atoms with Crippen LogP contribution in [0, 0.1) is 0 Å². The lowest BCUT2D eigenvalue weighted by Crippen LogP contribution is -1.62. The van der Waals surface area contributed by atoms with Gasteiger partial charge in [0.15, 0.2) is 0 Å². The quantitative estimate of drug-likeness (QED) is 0.502. The Kier molecular flexibility index (Phi) is 13.0. The van der Waals surface area contributed by atoms with Gasteiger partial charge in [-0.15, -0.1) is 0 Å². The summed E-state index contributed by atoms with van der Waals surface area (Å²) in [6.07, 6.45) is 3.27. The van der Waals surface area contributed by atoms with E-state index in [-0.39, 0.29) is 5.83 Å². The van der Waals surface area contributed by atoms with Crippen LogP contribution in [0.5, 0.6) is 0 Å². The van der Waals surface area contributed by atoms with Gasteiger partial charge in [0.1, 0.15) is 0 Å². The number of hydrogen-bond acceptors (Lipinski definition) is 0. The second kappa shape index (κ2) is 10.4. The molecule has 0 radical (unpaired) electrons. The van der Waals surface area contributed by atoms with Crippen molar-refractivity contribution in [2.45, 2.75) is 27.2 Å². The Hall–Kier alpha value is -0.590. The number of rotatable bonds is 2. The summed E-state index contributed by atoms with van der Waals surface area (Å²) in [6.45, 7) is 9.09. The van der Waals surface area contributed by atoms with Gasteiger partial charge in [-0.1, -0.05) is 33.4 Å². The second-order valence-corrected chi connectivity index (χ2v) is 1.20. The molecule has 1 heteroatoms. The van der Waals surface area contributed by atoms with Crippen LogP contribution in [0.25, 0.3) is 0 Å². The molecule has 9 heavy (non-hydrogen) atoms. The van der Waals surface area contributed by atoms with Crippen LogP contribution < -0.4 is 0 Å². The summed E-state index contributed by atoms with van der Waals surface area (Å²) in [5, 5.41) is 0. The number of hydrogen-bond donors (Lipinski definition) is 0. The van der Waals surface area contributed by atoms with Gasteiger partial charge in [0.25, 0.3) is 0 Å². The predicted octanol–water partition coefficient (Wildman–Crippen LogP) is 3.46. The first-order valence-electron chi connectivity index (χ1n) is 3.28. The first-order chi connectivity index (χ1) is 4.31. The standard InChI is InChI=1S/C6H9F.C2H6/c1-3-5-6(7)4-2;1-2/h3,5H,1,4H2,2H3;1-2H3/b6-5+;. The van der Waals surface area contributed by atoms with Crippen LogP contribution in [0.4, 0.5) is 4.39 Å². The topological polar surface area (TPSA) is 0 Å². The fourth-order valence-electron chi connectivity index (χ4n) is 0.246. The van der Waals surface area contributed by atoms with Crippen molar-refractivity contribution in [1.82, 2.24) is 0 Å². The summed E-state index contributed by atoms with van der Waals surface area (Å²) < 4.78 is 11.9. The molecule has 0 spiro atoms. The van der Waals surface area contributed by atoms with Crippen LogP contribution >= 0.6 is 0 Å². The average Bonchev–Trinajstić information content (AvgIpc) is 1.93. The molecule has 0 aromatic rings. The molecule has 0 nitrogen and oxygen atoms in total. The number of halogens is 1. The Bertz CT molecular complexity index is 82.6. The molecule has 0 N–H and O–H groups in total. The summed E-state index contributed by atoms with van der Waals surface area (Å²) >= 11 is 0. The first kappa shape index (κ1) is 11.2. The predicted molar refractivity (Wildman–Crippen MR) is 41.0 cm³/mol. The van der Waals surface area contributed by atoms with E-state index < -0.39 is 0 Å². The molecule has 0 atom stereocenters. The zero-order valence-corrected chi connectivity index (χ0v) is 6.45. The third-order valence-electron chi connectivity index (χ3n) is 0.636. The molecule has 0 amide bonds. The van der Waals surface area contributed by atoms with Crippen LogP contribution in [-0.2, 0) is 0 Å². The summed E-state index contributed by atoms with van der Waals surface area (Å²) in [6, 6.07) is 0. The van der Waals surface area contributed by atoms with E-state index in [4.69, 9.17) is 0 Å². The van der Waals surface area contributed by atoms with Gasteiger partial charge in [0, 0.05) is 0 Å². The Labute approximate surface area is 57.1 Å². The Morgan fingerprint density at radius 2 is 2.00 bits per heavy atom. The molecule has 0 heterocycles. The van der Waals surface area contributed by atoms with Crippen molar-refractivity contribution in [3.05, 3.63) is 24.6 Å². The van der Waals surface area contributed by atoms with E-state index in [0.717, 1.165) is 0 Å². The van der Waals surface area contributed by atoms with Crippen molar-refractivity contribution in [2.24, 2.45) is 0 Å². The molecule has 0 aliphatic carbocycles. The monoisotopic (exact) mass is 130 g/mol. The van der Waals surface area contributed by atoms with Crippen LogP contribution in [0.2, 0.25) is 0 Å². The summed E-state index contributed by atoms with van der Waals surface area (Å²) in [4.78, 5) is 0. The Morgan fingerprint density at radius 3 is 2.11 bits per heavy atom. The van der Waals surface area contributed by atoms with E-state index in [2.05, 4.69) is 6.58 Å². The Balaban J connectivity index is 0. The molecule has 0 unspecified atom stereocenters. The lowest BCUT2D eigenvalue weighted by atomic mass is 10.4. The molecule has 0 bridgehead atoms. The minimum absolute atomic E-state index is 0.116. The fourth-order valence-corrected chi connectivity index (χ4v) is 0.246. The molecule has 0 aromatic heterocycles. The largest absolute Gasteiger partial charge is 0.212 e. The minimum atomic E-state index is -0.116. The van der Waals surface area contributed by atoms with Gasteiger partial charge < -0.3 is 0 Å². The molecule has 0 fully saturated rings. The van der Waals surface area contributed by atoms with Crippen LogP contribution in [-0.4, -0.2) is 0 Å².